The summed E-state index contributed by atoms with van der Waals surface area (Å²) in [5, 5.41) is 8.77. The minimum atomic E-state index is -0.975. The van der Waals surface area contributed by atoms with Crippen molar-refractivity contribution in [1.82, 2.24) is 4.72 Å². The molecular weight excluding hydrogens is 150 g/mol. The van der Waals surface area contributed by atoms with Crippen molar-refractivity contribution < 1.29 is 9.32 Å². The van der Waals surface area contributed by atoms with Crippen LogP contribution in [0, 0.1) is 5.41 Å². The second kappa shape index (κ2) is 4.05. The zero-order chi connectivity index (χ0) is 8.20. The van der Waals surface area contributed by atoms with Gasteiger partial charge in [0.15, 0.2) is 0 Å². The highest BCUT2D eigenvalue weighted by atomic mass is 32.2. The van der Waals surface area contributed by atoms with E-state index in [-0.39, 0.29) is 12.0 Å². The fourth-order valence-corrected chi connectivity index (χ4v) is 0.947. The van der Waals surface area contributed by atoms with Gasteiger partial charge in [-0.2, -0.15) is 0 Å². The summed E-state index contributed by atoms with van der Waals surface area (Å²) in [5.41, 5.74) is -0.175. The lowest BCUT2D eigenvalue weighted by Gasteiger charge is -2.20. The van der Waals surface area contributed by atoms with Gasteiger partial charge in [0.05, 0.1) is 11.0 Å². The van der Waals surface area contributed by atoms with Gasteiger partial charge in [-0.05, 0) is 0 Å². The predicted molar refractivity (Wildman–Crippen MR) is 42.9 cm³/mol. The third kappa shape index (κ3) is 4.90. The van der Waals surface area contributed by atoms with Gasteiger partial charge in [0.1, 0.15) is 0 Å². The van der Waals surface area contributed by atoms with Crippen molar-refractivity contribution >= 4 is 11.0 Å². The van der Waals surface area contributed by atoms with E-state index in [4.69, 9.17) is 5.11 Å². The molecule has 0 aliphatic heterocycles. The van der Waals surface area contributed by atoms with Crippen LogP contribution in [0.15, 0.2) is 0 Å². The van der Waals surface area contributed by atoms with E-state index < -0.39 is 11.0 Å². The Balaban J connectivity index is 3.56. The molecule has 0 aliphatic carbocycles. The Morgan fingerprint density at radius 1 is 1.60 bits per heavy atom. The fourth-order valence-electron chi connectivity index (χ4n) is 0.353. The number of aliphatic hydroxyl groups is 1. The van der Waals surface area contributed by atoms with Gasteiger partial charge in [0.2, 0.25) is 0 Å². The SMILES string of the molecule is CS(=O)NCC(C)(C)CO. The third-order valence-corrected chi connectivity index (χ3v) is 1.73. The molecule has 4 heteroatoms. The van der Waals surface area contributed by atoms with Crippen molar-refractivity contribution in [1.29, 1.82) is 0 Å². The van der Waals surface area contributed by atoms with Crippen molar-refractivity contribution in [3.8, 4) is 0 Å². The molecule has 2 N–H and O–H groups in total. The monoisotopic (exact) mass is 165 g/mol. The van der Waals surface area contributed by atoms with E-state index in [2.05, 4.69) is 4.72 Å². The number of hydrogen-bond acceptors (Lipinski definition) is 2. The van der Waals surface area contributed by atoms with Crippen LogP contribution in [0.5, 0.6) is 0 Å². The topological polar surface area (TPSA) is 49.3 Å². The summed E-state index contributed by atoms with van der Waals surface area (Å²) < 4.78 is 13.3. The van der Waals surface area contributed by atoms with E-state index in [9.17, 15) is 4.21 Å². The maximum Gasteiger partial charge on any atom is 0.0883 e. The van der Waals surface area contributed by atoms with E-state index >= 15 is 0 Å². The number of hydrogen-bond donors (Lipinski definition) is 2. The van der Waals surface area contributed by atoms with Gasteiger partial charge in [-0.1, -0.05) is 13.8 Å². The van der Waals surface area contributed by atoms with Crippen LogP contribution in [0.2, 0.25) is 0 Å². The average molecular weight is 165 g/mol. The molecule has 0 aromatic rings. The first-order valence-electron chi connectivity index (χ1n) is 3.16. The van der Waals surface area contributed by atoms with Gasteiger partial charge >= 0.3 is 0 Å². The first-order chi connectivity index (χ1) is 4.48. The Labute approximate surface area is 64.4 Å². The second-order valence-electron chi connectivity index (χ2n) is 3.10. The standard InChI is InChI=1S/C6H15NO2S/c1-6(2,5-8)4-7-10(3)9/h7-8H,4-5H2,1-3H3. The molecule has 0 aromatic heterocycles. The molecule has 0 aliphatic rings. The van der Waals surface area contributed by atoms with Crippen LogP contribution in [0.25, 0.3) is 0 Å². The van der Waals surface area contributed by atoms with Crippen LogP contribution in [0.3, 0.4) is 0 Å². The summed E-state index contributed by atoms with van der Waals surface area (Å²) in [6.07, 6.45) is 1.58. The molecule has 1 atom stereocenters. The summed E-state index contributed by atoms with van der Waals surface area (Å²) in [7, 11) is -0.975. The first-order valence-corrected chi connectivity index (χ1v) is 4.71. The molecule has 0 aromatic carbocycles. The van der Waals surface area contributed by atoms with E-state index in [1.165, 1.54) is 0 Å². The van der Waals surface area contributed by atoms with Gasteiger partial charge in [0.25, 0.3) is 0 Å². The second-order valence-corrected chi connectivity index (χ2v) is 4.29. The zero-order valence-electron chi connectivity index (χ0n) is 6.68. The molecule has 1 unspecified atom stereocenters. The fraction of sp³-hybridized carbons (Fsp3) is 1.00. The molecule has 0 radical (unpaired) electrons. The van der Waals surface area contributed by atoms with Gasteiger partial charge in [-0.25, -0.2) is 8.93 Å². The normalized spacial score (nSPS) is 15.2. The van der Waals surface area contributed by atoms with Crippen molar-refractivity contribution in [2.45, 2.75) is 13.8 Å². The first kappa shape index (κ1) is 10.1. The Kier molecular flexibility index (Phi) is 4.08. The van der Waals surface area contributed by atoms with Crippen molar-refractivity contribution in [2.24, 2.45) is 5.41 Å². The highest BCUT2D eigenvalue weighted by Gasteiger charge is 2.15. The van der Waals surface area contributed by atoms with Crippen LogP contribution >= 0.6 is 0 Å². The highest BCUT2D eigenvalue weighted by Crippen LogP contribution is 2.10. The van der Waals surface area contributed by atoms with Crippen LogP contribution in [-0.2, 0) is 11.0 Å². The van der Waals surface area contributed by atoms with Crippen LogP contribution in [0.4, 0.5) is 0 Å². The summed E-state index contributed by atoms with van der Waals surface area (Å²) in [6.45, 7) is 4.50. The molecule has 0 bridgehead atoms. The third-order valence-electron chi connectivity index (χ3n) is 1.18. The van der Waals surface area contributed by atoms with Crippen LogP contribution in [-0.4, -0.2) is 28.7 Å². The maximum atomic E-state index is 10.5. The average Bonchev–Trinajstić information content (AvgIpc) is 1.85. The summed E-state index contributed by atoms with van der Waals surface area (Å²) in [5.74, 6) is 0. The van der Waals surface area contributed by atoms with Crippen LogP contribution < -0.4 is 4.72 Å². The quantitative estimate of drug-likeness (QED) is 0.610. The zero-order valence-corrected chi connectivity index (χ0v) is 7.49. The minimum absolute atomic E-state index is 0.108. The van der Waals surface area contributed by atoms with Gasteiger partial charge < -0.3 is 5.11 Å². The van der Waals surface area contributed by atoms with E-state index in [1.54, 1.807) is 6.26 Å². The summed E-state index contributed by atoms with van der Waals surface area (Å²) in [4.78, 5) is 0. The maximum absolute atomic E-state index is 10.5. The molecule has 0 rings (SSSR count). The largest absolute Gasteiger partial charge is 0.396 e. The van der Waals surface area contributed by atoms with Gasteiger partial charge in [-0.3, -0.25) is 0 Å². The molecular formula is C6H15NO2S. The summed E-state index contributed by atoms with van der Waals surface area (Å²) in [6, 6.07) is 0. The minimum Gasteiger partial charge on any atom is -0.396 e. The highest BCUT2D eigenvalue weighted by molar-refractivity contribution is 7.82. The lowest BCUT2D eigenvalue weighted by molar-refractivity contribution is 0.163. The Bertz CT molecular complexity index is 125. The van der Waals surface area contributed by atoms with Gasteiger partial charge in [-0.15, -0.1) is 0 Å². The molecule has 0 saturated heterocycles. The van der Waals surface area contributed by atoms with E-state index in [1.807, 2.05) is 13.8 Å². The molecule has 10 heavy (non-hydrogen) atoms. The number of aliphatic hydroxyl groups excluding tert-OH is 1. The smallest absolute Gasteiger partial charge is 0.0883 e. The molecule has 62 valence electrons. The Morgan fingerprint density at radius 3 is 2.40 bits per heavy atom. The molecule has 0 heterocycles. The predicted octanol–water partition coefficient (Wildman–Crippen LogP) is -0.112. The molecule has 0 saturated carbocycles. The lowest BCUT2D eigenvalue weighted by Crippen LogP contribution is -2.32. The van der Waals surface area contributed by atoms with Crippen molar-refractivity contribution in [3.63, 3.8) is 0 Å². The Hall–Kier alpha value is 0.0700. The molecule has 0 spiro atoms. The van der Waals surface area contributed by atoms with Crippen LogP contribution in [0.1, 0.15) is 13.8 Å². The Morgan fingerprint density at radius 2 is 2.10 bits per heavy atom. The number of rotatable bonds is 4. The van der Waals surface area contributed by atoms with E-state index in [0.717, 1.165) is 0 Å². The molecule has 0 fully saturated rings. The van der Waals surface area contributed by atoms with Crippen molar-refractivity contribution in [3.05, 3.63) is 0 Å². The molecule has 0 amide bonds. The van der Waals surface area contributed by atoms with Gasteiger partial charge in [0, 0.05) is 24.8 Å². The van der Waals surface area contributed by atoms with Crippen molar-refractivity contribution in [2.75, 3.05) is 19.4 Å². The molecule has 3 nitrogen and oxygen atoms in total. The summed E-state index contributed by atoms with van der Waals surface area (Å²) >= 11 is 0. The number of nitrogens with one attached hydrogen (secondary N) is 1. The lowest BCUT2D eigenvalue weighted by atomic mass is 9.96. The van der Waals surface area contributed by atoms with E-state index in [0.29, 0.717) is 6.54 Å².